The number of hydrogen-bond donors (Lipinski definition) is 2. The van der Waals surface area contributed by atoms with E-state index in [9.17, 15) is 12.6 Å². The molecule has 1 saturated heterocycles. The summed E-state index contributed by atoms with van der Waals surface area (Å²) in [6.07, 6.45) is 1.17. The first-order valence-electron chi connectivity index (χ1n) is 6.22. The molecule has 1 fully saturated rings. The van der Waals surface area contributed by atoms with Gasteiger partial charge >= 0.3 is 0 Å². The van der Waals surface area contributed by atoms with Crippen molar-refractivity contribution in [1.82, 2.24) is 4.72 Å². The Morgan fingerprint density at radius 1 is 1.35 bits per heavy atom. The van der Waals surface area contributed by atoms with Gasteiger partial charge in [-0.1, -0.05) is 11.6 Å². The van der Waals surface area contributed by atoms with Crippen LogP contribution in [0.15, 0.2) is 17.0 Å². The molecule has 0 saturated carbocycles. The van der Waals surface area contributed by atoms with E-state index >= 15 is 0 Å². The smallest absolute Gasteiger partial charge is 0.241 e. The lowest BCUT2D eigenvalue weighted by Gasteiger charge is -2.23. The summed E-state index contributed by atoms with van der Waals surface area (Å²) >= 11 is 5.88. The Morgan fingerprint density at radius 2 is 1.95 bits per heavy atom. The van der Waals surface area contributed by atoms with Crippen molar-refractivity contribution in [3.8, 4) is 0 Å². The lowest BCUT2D eigenvalue weighted by atomic mass is 10.2. The van der Waals surface area contributed by atoms with Crippen LogP contribution in [0.25, 0.3) is 0 Å². The van der Waals surface area contributed by atoms with E-state index in [1.165, 1.54) is 12.1 Å². The number of nitrogens with one attached hydrogen (secondary N) is 1. The quantitative estimate of drug-likeness (QED) is 0.817. The third-order valence-electron chi connectivity index (χ3n) is 3.36. The van der Waals surface area contributed by atoms with Crippen molar-refractivity contribution >= 4 is 38.1 Å². The summed E-state index contributed by atoms with van der Waals surface area (Å²) in [5, 5.41) is 0.290. The van der Waals surface area contributed by atoms with Crippen molar-refractivity contribution in [3.63, 3.8) is 0 Å². The van der Waals surface area contributed by atoms with Gasteiger partial charge < -0.3 is 5.73 Å². The lowest BCUT2D eigenvalue weighted by Crippen LogP contribution is -2.39. The largest absolute Gasteiger partial charge is 0.398 e. The maximum Gasteiger partial charge on any atom is 0.241 e. The maximum atomic E-state index is 12.4. The zero-order valence-corrected chi connectivity index (χ0v) is 13.4. The second-order valence-electron chi connectivity index (χ2n) is 4.86. The van der Waals surface area contributed by atoms with Crippen LogP contribution in [0.2, 0.25) is 5.02 Å². The minimum Gasteiger partial charge on any atom is -0.398 e. The average Bonchev–Trinajstić information content (AvgIpc) is 2.36. The molecule has 0 spiro atoms. The van der Waals surface area contributed by atoms with E-state index in [0.717, 1.165) is 0 Å². The van der Waals surface area contributed by atoms with Gasteiger partial charge in [0.2, 0.25) is 10.0 Å². The van der Waals surface area contributed by atoms with Crippen LogP contribution in [0, 0.1) is 6.92 Å². The molecule has 0 atom stereocenters. The van der Waals surface area contributed by atoms with Crippen LogP contribution in [0.4, 0.5) is 5.69 Å². The van der Waals surface area contributed by atoms with E-state index in [0.29, 0.717) is 40.6 Å². The summed E-state index contributed by atoms with van der Waals surface area (Å²) in [5.41, 5.74) is 6.59. The molecule has 112 valence electrons. The Kier molecular flexibility index (Phi) is 4.73. The minimum atomic E-state index is -3.67. The first-order chi connectivity index (χ1) is 9.29. The van der Waals surface area contributed by atoms with Crippen molar-refractivity contribution < 1.29 is 12.6 Å². The first-order valence-corrected chi connectivity index (χ1v) is 9.57. The Hall–Kier alpha value is -0.630. The van der Waals surface area contributed by atoms with Crippen molar-refractivity contribution in [1.29, 1.82) is 0 Å². The summed E-state index contributed by atoms with van der Waals surface area (Å²) in [7, 11) is -4.49. The summed E-state index contributed by atoms with van der Waals surface area (Å²) < 4.78 is 38.8. The van der Waals surface area contributed by atoms with Gasteiger partial charge in [-0.15, -0.1) is 0 Å². The highest BCUT2D eigenvalue weighted by Crippen LogP contribution is 2.26. The zero-order valence-electron chi connectivity index (χ0n) is 11.1. The van der Waals surface area contributed by atoms with Gasteiger partial charge in [0.25, 0.3) is 0 Å². The standard InChI is InChI=1S/C12H17ClN2O3S2/c1-8-11(14)6-9(13)7-12(8)20(17,18)15-10-2-4-19(16)5-3-10/h6-7,10,15H,2-5,14H2,1H3. The second kappa shape index (κ2) is 6.01. The van der Waals surface area contributed by atoms with Gasteiger partial charge in [-0.3, -0.25) is 4.21 Å². The number of sulfonamides is 1. The van der Waals surface area contributed by atoms with Crippen LogP contribution in [-0.4, -0.2) is 30.2 Å². The molecule has 20 heavy (non-hydrogen) atoms. The first kappa shape index (κ1) is 15.8. The second-order valence-corrected chi connectivity index (χ2v) is 8.68. The Balaban J connectivity index is 2.25. The Morgan fingerprint density at radius 3 is 2.55 bits per heavy atom. The van der Waals surface area contributed by atoms with Crippen LogP contribution in [0.3, 0.4) is 0 Å². The third-order valence-corrected chi connectivity index (χ3v) is 6.61. The topological polar surface area (TPSA) is 89.3 Å². The molecule has 8 heteroatoms. The number of hydrogen-bond acceptors (Lipinski definition) is 4. The molecular formula is C12H17ClN2O3S2. The fourth-order valence-electron chi connectivity index (χ4n) is 2.15. The highest BCUT2D eigenvalue weighted by Gasteiger charge is 2.26. The molecule has 0 unspecified atom stereocenters. The zero-order chi connectivity index (χ0) is 14.9. The molecule has 1 heterocycles. The fourth-order valence-corrected chi connectivity index (χ4v) is 5.34. The van der Waals surface area contributed by atoms with Crippen molar-refractivity contribution in [2.75, 3.05) is 17.2 Å². The molecule has 0 bridgehead atoms. The molecule has 5 nitrogen and oxygen atoms in total. The SMILES string of the molecule is Cc1c(N)cc(Cl)cc1S(=O)(=O)NC1CCS(=O)CC1. The van der Waals surface area contributed by atoms with E-state index in [1.807, 2.05) is 0 Å². The monoisotopic (exact) mass is 336 g/mol. The number of nitrogens with two attached hydrogens (primary N) is 1. The molecule has 0 aliphatic carbocycles. The molecule has 0 amide bonds. The van der Waals surface area contributed by atoms with E-state index < -0.39 is 20.8 Å². The highest BCUT2D eigenvalue weighted by atomic mass is 35.5. The highest BCUT2D eigenvalue weighted by molar-refractivity contribution is 7.89. The van der Waals surface area contributed by atoms with Gasteiger partial charge in [0.05, 0.1) is 4.90 Å². The number of rotatable bonds is 3. The predicted octanol–water partition coefficient (Wildman–Crippen LogP) is 1.42. The van der Waals surface area contributed by atoms with Gasteiger partial charge in [0, 0.05) is 39.1 Å². The van der Waals surface area contributed by atoms with Gasteiger partial charge in [-0.05, 0) is 37.5 Å². The fraction of sp³-hybridized carbons (Fsp3) is 0.500. The number of anilines is 1. The molecule has 1 aromatic carbocycles. The van der Waals surface area contributed by atoms with Gasteiger partial charge in [0.15, 0.2) is 0 Å². The molecule has 1 aliphatic rings. The van der Waals surface area contributed by atoms with E-state index in [1.54, 1.807) is 6.92 Å². The molecule has 1 aliphatic heterocycles. The van der Waals surface area contributed by atoms with Gasteiger partial charge in [-0.2, -0.15) is 0 Å². The lowest BCUT2D eigenvalue weighted by molar-refractivity contribution is 0.521. The van der Waals surface area contributed by atoms with E-state index in [4.69, 9.17) is 17.3 Å². The number of halogens is 1. The summed E-state index contributed by atoms with van der Waals surface area (Å²) in [6, 6.07) is 2.74. The minimum absolute atomic E-state index is 0.106. The third kappa shape index (κ3) is 3.52. The summed E-state index contributed by atoms with van der Waals surface area (Å²) in [4.78, 5) is 0.106. The summed E-state index contributed by atoms with van der Waals surface area (Å²) in [5.74, 6) is 1.06. The Bertz CT molecular complexity index is 636. The van der Waals surface area contributed by atoms with Gasteiger partial charge in [-0.25, -0.2) is 13.1 Å². The van der Waals surface area contributed by atoms with Crippen LogP contribution in [-0.2, 0) is 20.8 Å². The average molecular weight is 337 g/mol. The maximum absolute atomic E-state index is 12.4. The molecule has 1 aromatic rings. The Labute approximate surface area is 126 Å². The van der Waals surface area contributed by atoms with Crippen molar-refractivity contribution in [2.24, 2.45) is 0 Å². The molecule has 2 rings (SSSR count). The normalized spacial score (nSPS) is 23.7. The van der Waals surface area contributed by atoms with E-state index in [2.05, 4.69) is 4.72 Å². The molecule has 0 aromatic heterocycles. The molecular weight excluding hydrogens is 320 g/mol. The van der Waals surface area contributed by atoms with Crippen LogP contribution < -0.4 is 10.5 Å². The predicted molar refractivity (Wildman–Crippen MR) is 81.8 cm³/mol. The van der Waals surface area contributed by atoms with Crippen molar-refractivity contribution in [3.05, 3.63) is 22.7 Å². The molecule has 3 N–H and O–H groups in total. The van der Waals surface area contributed by atoms with Gasteiger partial charge in [0.1, 0.15) is 0 Å². The number of benzene rings is 1. The van der Waals surface area contributed by atoms with Crippen LogP contribution in [0.1, 0.15) is 18.4 Å². The van der Waals surface area contributed by atoms with Crippen molar-refractivity contribution in [2.45, 2.75) is 30.7 Å². The van der Waals surface area contributed by atoms with E-state index in [-0.39, 0.29) is 10.9 Å². The van der Waals surface area contributed by atoms with Crippen LogP contribution in [0.5, 0.6) is 0 Å². The number of nitrogen functional groups attached to an aromatic ring is 1. The molecule has 0 radical (unpaired) electrons. The van der Waals surface area contributed by atoms with Crippen LogP contribution >= 0.6 is 11.6 Å². The summed E-state index contributed by atoms with van der Waals surface area (Å²) in [6.45, 7) is 1.65.